The van der Waals surface area contributed by atoms with Crippen LogP contribution in [0.3, 0.4) is 0 Å². The van der Waals surface area contributed by atoms with E-state index in [1.807, 2.05) is 55.5 Å². The van der Waals surface area contributed by atoms with Gasteiger partial charge in [0.15, 0.2) is 5.69 Å². The van der Waals surface area contributed by atoms with E-state index in [1.165, 1.54) is 16.9 Å². The van der Waals surface area contributed by atoms with Crippen LogP contribution in [0.4, 0.5) is 0 Å². The van der Waals surface area contributed by atoms with Gasteiger partial charge in [0, 0.05) is 10.9 Å². The van der Waals surface area contributed by atoms with Crippen LogP contribution < -0.4 is 4.74 Å². The molecule has 0 unspecified atom stereocenters. The Kier molecular flexibility index (Phi) is 4.39. The maximum Gasteiger partial charge on any atom is 0.355 e. The third kappa shape index (κ3) is 3.76. The van der Waals surface area contributed by atoms with Gasteiger partial charge in [-0.3, -0.25) is 0 Å². The minimum absolute atomic E-state index is 0.0804. The fraction of sp³-hybridized carbons (Fsp3) is 0.111. The number of aromatic carboxylic acids is 1. The molecule has 3 aromatic rings. The molecule has 0 aliphatic heterocycles. The summed E-state index contributed by atoms with van der Waals surface area (Å²) in [6.45, 7) is 2.53. The lowest BCUT2D eigenvalue weighted by Crippen LogP contribution is -1.96. The van der Waals surface area contributed by atoms with Gasteiger partial charge >= 0.3 is 5.97 Å². The average molecular weight is 325 g/mol. The first kappa shape index (κ1) is 15.2. The molecule has 2 aromatic carbocycles. The van der Waals surface area contributed by atoms with E-state index in [4.69, 9.17) is 9.84 Å². The Labute approximate surface area is 138 Å². The first-order chi connectivity index (χ1) is 11.1. The van der Waals surface area contributed by atoms with E-state index in [-0.39, 0.29) is 5.69 Å². The molecule has 1 N–H and O–H groups in total. The summed E-state index contributed by atoms with van der Waals surface area (Å²) in [6, 6.07) is 15.7. The van der Waals surface area contributed by atoms with E-state index < -0.39 is 5.97 Å². The summed E-state index contributed by atoms with van der Waals surface area (Å²) >= 11 is 1.33. The molecule has 1 heterocycles. The zero-order valence-corrected chi connectivity index (χ0v) is 13.3. The highest BCUT2D eigenvalue weighted by Gasteiger charge is 2.10. The van der Waals surface area contributed by atoms with Crippen LogP contribution in [0.15, 0.2) is 53.9 Å². The zero-order chi connectivity index (χ0) is 16.2. The van der Waals surface area contributed by atoms with Crippen LogP contribution in [0, 0.1) is 6.92 Å². The molecule has 0 radical (unpaired) electrons. The summed E-state index contributed by atoms with van der Waals surface area (Å²) in [5.41, 5.74) is 3.23. The van der Waals surface area contributed by atoms with Crippen molar-refractivity contribution in [3.05, 3.63) is 70.7 Å². The molecule has 0 atom stereocenters. The van der Waals surface area contributed by atoms with Crippen molar-refractivity contribution in [3.8, 4) is 16.3 Å². The molecule has 0 amide bonds. The molecule has 1 aromatic heterocycles. The van der Waals surface area contributed by atoms with E-state index in [0.717, 1.165) is 16.9 Å². The summed E-state index contributed by atoms with van der Waals surface area (Å²) in [6.07, 6.45) is 0. The van der Waals surface area contributed by atoms with Crippen LogP contribution in [0.25, 0.3) is 10.6 Å². The third-order valence-electron chi connectivity index (χ3n) is 3.35. The number of benzene rings is 2. The van der Waals surface area contributed by atoms with Gasteiger partial charge in [-0.15, -0.1) is 11.3 Å². The third-order valence-corrected chi connectivity index (χ3v) is 4.24. The Balaban J connectivity index is 1.66. The van der Waals surface area contributed by atoms with E-state index in [1.54, 1.807) is 5.38 Å². The number of aromatic nitrogens is 1. The van der Waals surface area contributed by atoms with E-state index in [2.05, 4.69) is 4.98 Å². The lowest BCUT2D eigenvalue weighted by atomic mass is 10.1. The number of thiazole rings is 1. The Morgan fingerprint density at radius 3 is 2.43 bits per heavy atom. The van der Waals surface area contributed by atoms with Gasteiger partial charge in [0.05, 0.1) is 0 Å². The Morgan fingerprint density at radius 2 is 1.83 bits per heavy atom. The van der Waals surface area contributed by atoms with Crippen molar-refractivity contribution in [2.45, 2.75) is 13.5 Å². The Hall–Kier alpha value is -2.66. The monoisotopic (exact) mass is 325 g/mol. The first-order valence-electron chi connectivity index (χ1n) is 7.09. The van der Waals surface area contributed by atoms with Gasteiger partial charge in [-0.05, 0) is 24.6 Å². The summed E-state index contributed by atoms with van der Waals surface area (Å²) in [4.78, 5) is 15.0. The number of aryl methyl sites for hydroxylation is 1. The molecule has 3 rings (SSSR count). The van der Waals surface area contributed by atoms with Crippen molar-refractivity contribution in [3.63, 3.8) is 0 Å². The molecular weight excluding hydrogens is 310 g/mol. The number of nitrogens with zero attached hydrogens (tertiary/aromatic N) is 1. The van der Waals surface area contributed by atoms with Crippen LogP contribution in [0.2, 0.25) is 0 Å². The van der Waals surface area contributed by atoms with E-state index in [9.17, 15) is 4.79 Å². The maximum atomic E-state index is 10.9. The minimum atomic E-state index is -1.00. The number of ether oxygens (including phenoxy) is 1. The summed E-state index contributed by atoms with van der Waals surface area (Å²) < 4.78 is 5.74. The highest BCUT2D eigenvalue weighted by molar-refractivity contribution is 7.13. The summed E-state index contributed by atoms with van der Waals surface area (Å²) in [5.74, 6) is -0.165. The lowest BCUT2D eigenvalue weighted by Gasteiger charge is -2.07. The van der Waals surface area contributed by atoms with Crippen molar-refractivity contribution < 1.29 is 14.6 Å². The van der Waals surface area contributed by atoms with Crippen LogP contribution in [0.5, 0.6) is 5.75 Å². The van der Waals surface area contributed by atoms with Crippen molar-refractivity contribution in [1.82, 2.24) is 4.98 Å². The second-order valence-electron chi connectivity index (χ2n) is 5.14. The SMILES string of the molecule is Cc1ccc(OCc2ccc(-c3nc(C(=O)O)cs3)cc2)cc1. The van der Waals surface area contributed by atoms with Crippen LogP contribution in [-0.4, -0.2) is 16.1 Å². The van der Waals surface area contributed by atoms with Crippen molar-refractivity contribution in [2.24, 2.45) is 0 Å². The fourth-order valence-electron chi connectivity index (χ4n) is 2.05. The highest BCUT2D eigenvalue weighted by Crippen LogP contribution is 2.24. The normalized spacial score (nSPS) is 10.5. The highest BCUT2D eigenvalue weighted by atomic mass is 32.1. The number of hydrogen-bond donors (Lipinski definition) is 1. The number of carbonyl (C=O) groups is 1. The van der Waals surface area contributed by atoms with Crippen LogP contribution >= 0.6 is 11.3 Å². The van der Waals surface area contributed by atoms with E-state index in [0.29, 0.717) is 11.6 Å². The van der Waals surface area contributed by atoms with E-state index >= 15 is 0 Å². The predicted molar refractivity (Wildman–Crippen MR) is 90.0 cm³/mol. The van der Waals surface area contributed by atoms with Gasteiger partial charge < -0.3 is 9.84 Å². The number of carboxylic acid groups (broad SMARTS) is 1. The van der Waals surface area contributed by atoms with Crippen molar-refractivity contribution >= 4 is 17.3 Å². The molecule has 23 heavy (non-hydrogen) atoms. The molecule has 0 spiro atoms. The van der Waals surface area contributed by atoms with Crippen LogP contribution in [0.1, 0.15) is 21.6 Å². The van der Waals surface area contributed by atoms with Crippen molar-refractivity contribution in [2.75, 3.05) is 0 Å². The molecule has 0 saturated heterocycles. The molecule has 0 aliphatic carbocycles. The topological polar surface area (TPSA) is 59.4 Å². The molecule has 0 saturated carbocycles. The fourth-order valence-corrected chi connectivity index (χ4v) is 2.85. The van der Waals surface area contributed by atoms with Gasteiger partial charge in [-0.25, -0.2) is 9.78 Å². The molecule has 0 bridgehead atoms. The molecule has 5 heteroatoms. The Morgan fingerprint density at radius 1 is 1.13 bits per heavy atom. The minimum Gasteiger partial charge on any atom is -0.489 e. The lowest BCUT2D eigenvalue weighted by molar-refractivity contribution is 0.0691. The van der Waals surface area contributed by atoms with Gasteiger partial charge in [0.1, 0.15) is 17.4 Å². The molecular formula is C18H15NO3S. The molecule has 0 aliphatic rings. The standard InChI is InChI=1S/C18H15NO3S/c1-12-2-8-15(9-3-12)22-10-13-4-6-14(7-5-13)17-19-16(11-23-17)18(20)21/h2-9,11H,10H2,1H3,(H,20,21). The Bertz CT molecular complexity index is 807. The average Bonchev–Trinajstić information content (AvgIpc) is 3.05. The quantitative estimate of drug-likeness (QED) is 0.755. The van der Waals surface area contributed by atoms with Crippen LogP contribution in [-0.2, 0) is 6.61 Å². The van der Waals surface area contributed by atoms with Gasteiger partial charge in [0.25, 0.3) is 0 Å². The summed E-state index contributed by atoms with van der Waals surface area (Å²) in [5, 5.41) is 11.2. The number of rotatable bonds is 5. The molecule has 0 fully saturated rings. The molecule has 116 valence electrons. The zero-order valence-electron chi connectivity index (χ0n) is 12.5. The number of hydrogen-bond acceptors (Lipinski definition) is 4. The second kappa shape index (κ2) is 6.62. The largest absolute Gasteiger partial charge is 0.489 e. The van der Waals surface area contributed by atoms with Gasteiger partial charge in [0.2, 0.25) is 0 Å². The second-order valence-corrected chi connectivity index (χ2v) is 6.00. The van der Waals surface area contributed by atoms with Crippen molar-refractivity contribution in [1.29, 1.82) is 0 Å². The predicted octanol–water partition coefficient (Wildman–Crippen LogP) is 4.40. The summed E-state index contributed by atoms with van der Waals surface area (Å²) in [7, 11) is 0. The van der Waals surface area contributed by atoms with Gasteiger partial charge in [-0.1, -0.05) is 42.0 Å². The maximum absolute atomic E-state index is 10.9. The first-order valence-corrected chi connectivity index (χ1v) is 7.97. The van der Waals surface area contributed by atoms with Gasteiger partial charge in [-0.2, -0.15) is 0 Å². The molecule has 4 nitrogen and oxygen atoms in total. The smallest absolute Gasteiger partial charge is 0.355 e. The number of carboxylic acids is 1.